The van der Waals surface area contributed by atoms with Crippen LogP contribution in [0.25, 0.3) is 0 Å². The Morgan fingerprint density at radius 2 is 1.75 bits per heavy atom. The van der Waals surface area contributed by atoms with Gasteiger partial charge in [0, 0.05) is 28.5 Å². The SMILES string of the molecule is COc1cc2c(cc1OC)[C@@H](c1cccc(Cl)c1)[NH+](CC1CCCCC1)CC2. The first kappa shape index (κ1) is 19.6. The fraction of sp³-hybridized carbons (Fsp3) is 0.500. The molecule has 4 rings (SSSR count). The average molecular weight is 401 g/mol. The molecular formula is C24H31ClNO2+. The van der Waals surface area contributed by atoms with Gasteiger partial charge in [0.25, 0.3) is 0 Å². The second kappa shape index (κ2) is 8.75. The van der Waals surface area contributed by atoms with Crippen LogP contribution in [0.15, 0.2) is 36.4 Å². The molecule has 0 aromatic heterocycles. The highest BCUT2D eigenvalue weighted by Gasteiger charge is 2.35. The summed E-state index contributed by atoms with van der Waals surface area (Å²) in [6.07, 6.45) is 8.02. The van der Waals surface area contributed by atoms with Crippen molar-refractivity contribution in [1.82, 2.24) is 0 Å². The van der Waals surface area contributed by atoms with E-state index < -0.39 is 0 Å². The first-order valence-electron chi connectivity index (χ1n) is 10.5. The van der Waals surface area contributed by atoms with E-state index in [0.717, 1.165) is 35.4 Å². The van der Waals surface area contributed by atoms with Crippen LogP contribution in [0.4, 0.5) is 0 Å². The van der Waals surface area contributed by atoms with Crippen molar-refractivity contribution in [1.29, 1.82) is 0 Å². The minimum atomic E-state index is 0.296. The summed E-state index contributed by atoms with van der Waals surface area (Å²) in [7, 11) is 3.43. The second-order valence-corrected chi connectivity index (χ2v) is 8.70. The highest BCUT2D eigenvalue weighted by atomic mass is 35.5. The molecule has 1 saturated carbocycles. The van der Waals surface area contributed by atoms with E-state index in [-0.39, 0.29) is 0 Å². The Balaban J connectivity index is 1.74. The van der Waals surface area contributed by atoms with Gasteiger partial charge in [-0.2, -0.15) is 0 Å². The maximum Gasteiger partial charge on any atom is 0.161 e. The van der Waals surface area contributed by atoms with Gasteiger partial charge in [0.15, 0.2) is 11.5 Å². The number of rotatable bonds is 5. The second-order valence-electron chi connectivity index (χ2n) is 8.26. The Morgan fingerprint density at radius 1 is 1.00 bits per heavy atom. The van der Waals surface area contributed by atoms with Crippen LogP contribution in [0, 0.1) is 5.92 Å². The molecule has 3 nitrogen and oxygen atoms in total. The van der Waals surface area contributed by atoms with Gasteiger partial charge in [-0.25, -0.2) is 0 Å². The molecule has 1 heterocycles. The molecule has 4 heteroatoms. The van der Waals surface area contributed by atoms with Gasteiger partial charge in [0.1, 0.15) is 6.04 Å². The minimum Gasteiger partial charge on any atom is -0.493 e. The largest absolute Gasteiger partial charge is 0.493 e. The Labute approximate surface area is 173 Å². The monoisotopic (exact) mass is 400 g/mol. The lowest BCUT2D eigenvalue weighted by atomic mass is 9.84. The van der Waals surface area contributed by atoms with Crippen LogP contribution in [-0.4, -0.2) is 27.3 Å². The minimum absolute atomic E-state index is 0.296. The number of quaternary nitrogens is 1. The lowest BCUT2D eigenvalue weighted by Crippen LogP contribution is -3.14. The molecular weight excluding hydrogens is 370 g/mol. The molecule has 0 saturated heterocycles. The maximum absolute atomic E-state index is 6.38. The van der Waals surface area contributed by atoms with Gasteiger partial charge in [0.05, 0.1) is 27.3 Å². The van der Waals surface area contributed by atoms with Crippen LogP contribution in [0.1, 0.15) is 54.8 Å². The van der Waals surface area contributed by atoms with Crippen LogP contribution >= 0.6 is 11.6 Å². The van der Waals surface area contributed by atoms with Crippen molar-refractivity contribution >= 4 is 11.6 Å². The zero-order chi connectivity index (χ0) is 19.5. The Morgan fingerprint density at radius 3 is 2.46 bits per heavy atom. The van der Waals surface area contributed by atoms with E-state index in [9.17, 15) is 0 Å². The molecule has 2 aromatic rings. The predicted molar refractivity (Wildman–Crippen MR) is 114 cm³/mol. The number of methoxy groups -OCH3 is 2. The van der Waals surface area contributed by atoms with Gasteiger partial charge in [-0.15, -0.1) is 0 Å². The molecule has 2 aromatic carbocycles. The van der Waals surface area contributed by atoms with Crippen LogP contribution in [-0.2, 0) is 6.42 Å². The number of fused-ring (bicyclic) bond motifs is 1. The van der Waals surface area contributed by atoms with Crippen LogP contribution in [0.2, 0.25) is 5.02 Å². The van der Waals surface area contributed by atoms with Gasteiger partial charge < -0.3 is 14.4 Å². The van der Waals surface area contributed by atoms with Gasteiger partial charge in [-0.3, -0.25) is 0 Å². The van der Waals surface area contributed by atoms with Crippen molar-refractivity contribution in [3.63, 3.8) is 0 Å². The first-order chi connectivity index (χ1) is 13.7. The third-order valence-corrected chi connectivity index (χ3v) is 6.77. The Bertz CT molecular complexity index is 816. The summed E-state index contributed by atoms with van der Waals surface area (Å²) in [4.78, 5) is 1.66. The van der Waals surface area contributed by atoms with Gasteiger partial charge >= 0.3 is 0 Å². The highest BCUT2D eigenvalue weighted by molar-refractivity contribution is 6.30. The molecule has 1 N–H and O–H groups in total. The molecule has 1 unspecified atom stereocenters. The summed E-state index contributed by atoms with van der Waals surface area (Å²) >= 11 is 6.38. The number of nitrogens with one attached hydrogen (secondary N) is 1. The third-order valence-electron chi connectivity index (χ3n) is 6.54. The molecule has 1 fully saturated rings. The van der Waals surface area contributed by atoms with Gasteiger partial charge in [0.2, 0.25) is 0 Å². The smallest absolute Gasteiger partial charge is 0.161 e. The van der Waals surface area contributed by atoms with Crippen LogP contribution in [0.5, 0.6) is 11.5 Å². The molecule has 0 radical (unpaired) electrons. The predicted octanol–water partition coefficient (Wildman–Crippen LogP) is 4.47. The van der Waals surface area contributed by atoms with E-state index in [1.54, 1.807) is 19.1 Å². The summed E-state index contributed by atoms with van der Waals surface area (Å²) in [5.41, 5.74) is 4.03. The quantitative estimate of drug-likeness (QED) is 0.800. The summed E-state index contributed by atoms with van der Waals surface area (Å²) in [5.74, 6) is 2.47. The number of ether oxygens (including phenoxy) is 2. The number of hydrogen-bond donors (Lipinski definition) is 1. The molecule has 2 atom stereocenters. The third kappa shape index (κ3) is 4.01. The first-order valence-corrected chi connectivity index (χ1v) is 10.9. The number of hydrogen-bond acceptors (Lipinski definition) is 2. The van der Waals surface area contributed by atoms with Crippen molar-refractivity contribution in [2.75, 3.05) is 27.3 Å². The van der Waals surface area contributed by atoms with Crippen LogP contribution in [0.3, 0.4) is 0 Å². The zero-order valence-electron chi connectivity index (χ0n) is 17.0. The lowest BCUT2D eigenvalue weighted by molar-refractivity contribution is -0.931. The van der Waals surface area contributed by atoms with E-state index in [2.05, 4.69) is 30.3 Å². The topological polar surface area (TPSA) is 22.9 Å². The molecule has 2 aliphatic rings. The molecule has 1 aliphatic carbocycles. The van der Waals surface area contributed by atoms with Crippen LogP contribution < -0.4 is 14.4 Å². The highest BCUT2D eigenvalue weighted by Crippen LogP contribution is 2.36. The normalized spacial score (nSPS) is 22.5. The number of halogens is 1. The molecule has 0 spiro atoms. The molecule has 28 heavy (non-hydrogen) atoms. The molecule has 0 bridgehead atoms. The van der Waals surface area contributed by atoms with Gasteiger partial charge in [-0.1, -0.05) is 43.0 Å². The fourth-order valence-corrected chi connectivity index (χ4v) is 5.36. The molecule has 1 aliphatic heterocycles. The Hall–Kier alpha value is -1.71. The summed E-state index contributed by atoms with van der Waals surface area (Å²) in [6, 6.07) is 13.1. The zero-order valence-corrected chi connectivity index (χ0v) is 17.7. The number of benzene rings is 2. The van der Waals surface area contributed by atoms with E-state index in [1.807, 2.05) is 6.07 Å². The maximum atomic E-state index is 6.38. The Kier molecular flexibility index (Phi) is 6.13. The van der Waals surface area contributed by atoms with E-state index in [0.29, 0.717) is 6.04 Å². The fourth-order valence-electron chi connectivity index (χ4n) is 5.16. The lowest BCUT2D eigenvalue weighted by Gasteiger charge is -2.37. The van der Waals surface area contributed by atoms with Gasteiger partial charge in [-0.05, 0) is 42.7 Å². The standard InChI is InChI=1S/C24H30ClNO2/c1-27-22-14-18-11-12-26(16-17-7-4-3-5-8-17)24(21(18)15-23(22)28-2)19-9-6-10-20(25)13-19/h6,9-10,13-15,17,24H,3-5,7-8,11-12,16H2,1-2H3/p+1/t24-/m1/s1. The summed E-state index contributed by atoms with van der Waals surface area (Å²) < 4.78 is 11.2. The van der Waals surface area contributed by atoms with Crippen molar-refractivity contribution < 1.29 is 14.4 Å². The average Bonchev–Trinajstić information content (AvgIpc) is 2.73. The summed E-state index contributed by atoms with van der Waals surface area (Å²) in [6.45, 7) is 2.39. The van der Waals surface area contributed by atoms with Crippen molar-refractivity contribution in [2.24, 2.45) is 5.92 Å². The van der Waals surface area contributed by atoms with Crippen molar-refractivity contribution in [3.8, 4) is 11.5 Å². The molecule has 150 valence electrons. The van der Waals surface area contributed by atoms with E-state index in [4.69, 9.17) is 21.1 Å². The van der Waals surface area contributed by atoms with E-state index >= 15 is 0 Å². The van der Waals surface area contributed by atoms with Crippen molar-refractivity contribution in [2.45, 2.75) is 44.6 Å². The molecule has 0 amide bonds. The summed E-state index contributed by atoms with van der Waals surface area (Å²) in [5, 5.41) is 0.808. The van der Waals surface area contributed by atoms with Crippen molar-refractivity contribution in [3.05, 3.63) is 58.1 Å². The van der Waals surface area contributed by atoms with E-state index in [1.165, 1.54) is 55.3 Å².